The number of carbonyl (C=O) groups is 1. The topological polar surface area (TPSA) is 58.1 Å². The number of piperidine rings is 1. The van der Waals surface area contributed by atoms with Crippen molar-refractivity contribution in [2.75, 3.05) is 25.0 Å². The molecule has 126 valence electrons. The summed E-state index contributed by atoms with van der Waals surface area (Å²) in [6.45, 7) is 6.18. The predicted molar refractivity (Wildman–Crippen MR) is 95.0 cm³/mol. The average Bonchev–Trinajstić information content (AvgIpc) is 2.57. The molecule has 5 nitrogen and oxygen atoms in total. The minimum Gasteiger partial charge on any atom is -0.325 e. The number of amides is 1. The van der Waals surface area contributed by atoms with Crippen LogP contribution in [0.4, 0.5) is 5.69 Å². The van der Waals surface area contributed by atoms with Crippen LogP contribution in [0.1, 0.15) is 35.8 Å². The summed E-state index contributed by atoms with van der Waals surface area (Å²) in [4.78, 5) is 23.3. The highest BCUT2D eigenvalue weighted by atomic mass is 16.2. The van der Waals surface area contributed by atoms with Gasteiger partial charge in [0.1, 0.15) is 5.82 Å². The molecule has 1 aliphatic rings. The number of hydrogen-bond acceptors (Lipinski definition) is 4. The molecule has 1 aromatic carbocycles. The average molecular weight is 324 g/mol. The third kappa shape index (κ3) is 4.17. The van der Waals surface area contributed by atoms with E-state index in [4.69, 9.17) is 0 Å². The van der Waals surface area contributed by atoms with E-state index in [0.29, 0.717) is 12.5 Å². The molecule has 1 aliphatic heterocycles. The van der Waals surface area contributed by atoms with Crippen LogP contribution in [0.25, 0.3) is 0 Å². The number of nitrogens with one attached hydrogen (secondary N) is 1. The number of anilines is 1. The molecule has 1 aromatic heterocycles. The standard InChI is InChI=1S/C19H24N4O/c1-14-6-3-4-8-17(14)22-19(24)13-23-11-5-7-16(12-23)18-9-10-20-15(2)21-18/h3-4,6,8-10,16H,5,7,11-13H2,1-2H3,(H,22,24). The third-order valence-corrected chi connectivity index (χ3v) is 4.51. The summed E-state index contributed by atoms with van der Waals surface area (Å²) in [6.07, 6.45) is 4.03. The van der Waals surface area contributed by atoms with Gasteiger partial charge in [-0.05, 0) is 50.9 Å². The molecule has 1 unspecified atom stereocenters. The summed E-state index contributed by atoms with van der Waals surface area (Å²) in [5.41, 5.74) is 3.06. The number of likely N-dealkylation sites (tertiary alicyclic amines) is 1. The molecule has 0 spiro atoms. The Morgan fingerprint density at radius 1 is 1.29 bits per heavy atom. The van der Waals surface area contributed by atoms with Crippen LogP contribution in [0, 0.1) is 13.8 Å². The molecule has 1 fully saturated rings. The van der Waals surface area contributed by atoms with Crippen LogP contribution in [0.3, 0.4) is 0 Å². The summed E-state index contributed by atoms with van der Waals surface area (Å²) in [7, 11) is 0. The second kappa shape index (κ2) is 7.53. The van der Waals surface area contributed by atoms with E-state index in [0.717, 1.165) is 48.7 Å². The summed E-state index contributed by atoms with van der Waals surface area (Å²) < 4.78 is 0. The summed E-state index contributed by atoms with van der Waals surface area (Å²) in [6, 6.07) is 9.86. The van der Waals surface area contributed by atoms with Crippen LogP contribution in [-0.4, -0.2) is 40.4 Å². The van der Waals surface area contributed by atoms with Gasteiger partial charge < -0.3 is 5.32 Å². The van der Waals surface area contributed by atoms with Gasteiger partial charge in [-0.2, -0.15) is 0 Å². The third-order valence-electron chi connectivity index (χ3n) is 4.51. The molecule has 1 N–H and O–H groups in total. The van der Waals surface area contributed by atoms with Crippen molar-refractivity contribution in [3.63, 3.8) is 0 Å². The normalized spacial score (nSPS) is 18.3. The van der Waals surface area contributed by atoms with Crippen LogP contribution in [0.5, 0.6) is 0 Å². The number of aromatic nitrogens is 2. The number of nitrogens with zero attached hydrogens (tertiary/aromatic N) is 3. The number of hydrogen-bond donors (Lipinski definition) is 1. The van der Waals surface area contributed by atoms with E-state index in [2.05, 4.69) is 20.2 Å². The maximum absolute atomic E-state index is 12.4. The molecule has 24 heavy (non-hydrogen) atoms. The van der Waals surface area contributed by atoms with Crippen LogP contribution >= 0.6 is 0 Å². The van der Waals surface area contributed by atoms with Gasteiger partial charge in [0, 0.05) is 30.0 Å². The van der Waals surface area contributed by atoms with Crippen molar-refractivity contribution in [1.82, 2.24) is 14.9 Å². The number of rotatable bonds is 4. The van der Waals surface area contributed by atoms with Gasteiger partial charge in [0.15, 0.2) is 0 Å². The highest BCUT2D eigenvalue weighted by Gasteiger charge is 2.24. The molecule has 2 heterocycles. The SMILES string of the molecule is Cc1nccc(C2CCCN(CC(=O)Nc3ccccc3C)C2)n1. The van der Waals surface area contributed by atoms with Crippen molar-refractivity contribution in [2.45, 2.75) is 32.6 Å². The summed E-state index contributed by atoms with van der Waals surface area (Å²) in [5.74, 6) is 1.23. The van der Waals surface area contributed by atoms with Crippen LogP contribution in [0.2, 0.25) is 0 Å². The van der Waals surface area contributed by atoms with Crippen LogP contribution in [-0.2, 0) is 4.79 Å². The number of aryl methyl sites for hydroxylation is 2. The summed E-state index contributed by atoms with van der Waals surface area (Å²) >= 11 is 0. The van der Waals surface area contributed by atoms with E-state index in [1.165, 1.54) is 0 Å². The highest BCUT2D eigenvalue weighted by Crippen LogP contribution is 2.25. The van der Waals surface area contributed by atoms with E-state index >= 15 is 0 Å². The Kier molecular flexibility index (Phi) is 5.20. The number of carbonyl (C=O) groups excluding carboxylic acids is 1. The monoisotopic (exact) mass is 324 g/mol. The van der Waals surface area contributed by atoms with Gasteiger partial charge in [-0.15, -0.1) is 0 Å². The van der Waals surface area contributed by atoms with E-state index in [1.54, 1.807) is 0 Å². The molecule has 0 bridgehead atoms. The zero-order chi connectivity index (χ0) is 16.9. The second-order valence-corrected chi connectivity index (χ2v) is 6.47. The zero-order valence-electron chi connectivity index (χ0n) is 14.3. The van der Waals surface area contributed by atoms with Gasteiger partial charge in [0.2, 0.25) is 5.91 Å². The highest BCUT2D eigenvalue weighted by molar-refractivity contribution is 5.92. The van der Waals surface area contributed by atoms with Gasteiger partial charge >= 0.3 is 0 Å². The fraction of sp³-hybridized carbons (Fsp3) is 0.421. The van der Waals surface area contributed by atoms with E-state index < -0.39 is 0 Å². The van der Waals surface area contributed by atoms with Crippen molar-refractivity contribution < 1.29 is 4.79 Å². The lowest BCUT2D eigenvalue weighted by atomic mass is 9.94. The molecule has 5 heteroatoms. The molecule has 1 atom stereocenters. The van der Waals surface area contributed by atoms with Gasteiger partial charge in [-0.3, -0.25) is 9.69 Å². The molecule has 0 saturated carbocycles. The Balaban J connectivity index is 1.59. The van der Waals surface area contributed by atoms with Crippen LogP contribution in [0.15, 0.2) is 36.5 Å². The first-order valence-electron chi connectivity index (χ1n) is 8.49. The first-order chi connectivity index (χ1) is 11.6. The quantitative estimate of drug-likeness (QED) is 0.939. The van der Waals surface area contributed by atoms with Crippen LogP contribution < -0.4 is 5.32 Å². The molecular weight excluding hydrogens is 300 g/mol. The Hall–Kier alpha value is -2.27. The van der Waals surface area contributed by atoms with Crippen molar-refractivity contribution >= 4 is 11.6 Å². The lowest BCUT2D eigenvalue weighted by Crippen LogP contribution is -2.40. The van der Waals surface area contributed by atoms with Crippen molar-refractivity contribution in [1.29, 1.82) is 0 Å². The summed E-state index contributed by atoms with van der Waals surface area (Å²) in [5, 5.41) is 3.01. The van der Waals surface area contributed by atoms with E-state index in [1.807, 2.05) is 50.4 Å². The molecular formula is C19H24N4O. The van der Waals surface area contributed by atoms with Crippen molar-refractivity contribution in [3.8, 4) is 0 Å². The van der Waals surface area contributed by atoms with Crippen molar-refractivity contribution in [3.05, 3.63) is 53.6 Å². The fourth-order valence-corrected chi connectivity index (χ4v) is 3.25. The smallest absolute Gasteiger partial charge is 0.238 e. The van der Waals surface area contributed by atoms with Crippen molar-refractivity contribution in [2.24, 2.45) is 0 Å². The first-order valence-corrected chi connectivity index (χ1v) is 8.49. The lowest BCUT2D eigenvalue weighted by Gasteiger charge is -2.32. The molecule has 0 radical (unpaired) electrons. The fourth-order valence-electron chi connectivity index (χ4n) is 3.25. The first kappa shape index (κ1) is 16.6. The Bertz CT molecular complexity index is 716. The number of para-hydroxylation sites is 1. The predicted octanol–water partition coefficient (Wildman–Crippen LogP) is 2.91. The van der Waals surface area contributed by atoms with Gasteiger partial charge in [0.05, 0.1) is 6.54 Å². The minimum atomic E-state index is 0.0452. The largest absolute Gasteiger partial charge is 0.325 e. The number of benzene rings is 1. The Morgan fingerprint density at radius 2 is 2.12 bits per heavy atom. The zero-order valence-corrected chi connectivity index (χ0v) is 14.3. The Morgan fingerprint density at radius 3 is 2.92 bits per heavy atom. The van der Waals surface area contributed by atoms with Gasteiger partial charge in [-0.1, -0.05) is 18.2 Å². The molecule has 0 aliphatic carbocycles. The minimum absolute atomic E-state index is 0.0452. The maximum atomic E-state index is 12.4. The van der Waals surface area contributed by atoms with Gasteiger partial charge in [0.25, 0.3) is 0 Å². The molecule has 3 rings (SSSR count). The lowest BCUT2D eigenvalue weighted by molar-refractivity contribution is -0.117. The Labute approximate surface area is 143 Å². The molecule has 1 saturated heterocycles. The molecule has 1 amide bonds. The van der Waals surface area contributed by atoms with E-state index in [9.17, 15) is 4.79 Å². The van der Waals surface area contributed by atoms with Gasteiger partial charge in [-0.25, -0.2) is 9.97 Å². The van der Waals surface area contributed by atoms with E-state index in [-0.39, 0.29) is 5.91 Å². The second-order valence-electron chi connectivity index (χ2n) is 6.47. The maximum Gasteiger partial charge on any atom is 0.238 e. The molecule has 2 aromatic rings.